The average molecular weight is 254 g/mol. The van der Waals surface area contributed by atoms with E-state index in [-0.39, 0.29) is 0 Å². The van der Waals surface area contributed by atoms with E-state index in [9.17, 15) is 0 Å². The molecule has 1 heterocycles. The van der Waals surface area contributed by atoms with Gasteiger partial charge in [0.1, 0.15) is 0 Å². The first-order chi connectivity index (χ1) is 9.40. The Balaban J connectivity index is 1.98. The number of aromatic nitrogens is 1. The van der Waals surface area contributed by atoms with Crippen molar-refractivity contribution in [1.29, 1.82) is 0 Å². The van der Waals surface area contributed by atoms with Crippen molar-refractivity contribution in [1.82, 2.24) is 10.3 Å². The molecule has 1 unspecified atom stereocenters. The fraction of sp³-hybridized carbons (Fsp3) is 0.353. The Morgan fingerprint density at radius 3 is 2.53 bits per heavy atom. The van der Waals surface area contributed by atoms with Gasteiger partial charge in [-0.3, -0.25) is 4.98 Å². The second kappa shape index (κ2) is 7.70. The monoisotopic (exact) mass is 254 g/mol. The summed E-state index contributed by atoms with van der Waals surface area (Å²) >= 11 is 0. The topological polar surface area (TPSA) is 24.9 Å². The van der Waals surface area contributed by atoms with Gasteiger partial charge in [0.25, 0.3) is 0 Å². The van der Waals surface area contributed by atoms with Gasteiger partial charge >= 0.3 is 0 Å². The van der Waals surface area contributed by atoms with Crippen LogP contribution < -0.4 is 5.32 Å². The third-order valence-corrected chi connectivity index (χ3v) is 3.25. The van der Waals surface area contributed by atoms with Crippen molar-refractivity contribution in [3.05, 3.63) is 66.0 Å². The normalized spacial score (nSPS) is 12.3. The molecule has 0 amide bonds. The Kier molecular flexibility index (Phi) is 5.57. The Labute approximate surface area is 115 Å². The van der Waals surface area contributed by atoms with Gasteiger partial charge in [0.05, 0.1) is 5.69 Å². The van der Waals surface area contributed by atoms with Crippen molar-refractivity contribution in [2.24, 2.45) is 0 Å². The minimum absolute atomic E-state index is 0.348. The maximum atomic E-state index is 4.48. The first-order valence-electron chi connectivity index (χ1n) is 7.08. The molecule has 1 aromatic carbocycles. The highest BCUT2D eigenvalue weighted by molar-refractivity contribution is 5.16. The quantitative estimate of drug-likeness (QED) is 0.814. The predicted octanol–water partition coefficient (Wildman–Crippen LogP) is 3.76. The molecule has 2 aromatic rings. The Hall–Kier alpha value is -1.67. The molecule has 1 atom stereocenters. The molecule has 0 aliphatic heterocycles. The number of pyridine rings is 1. The summed E-state index contributed by atoms with van der Waals surface area (Å²) in [5.74, 6) is 0. The van der Waals surface area contributed by atoms with Gasteiger partial charge < -0.3 is 5.32 Å². The lowest BCUT2D eigenvalue weighted by molar-refractivity contribution is 0.489. The molecular weight excluding hydrogens is 232 g/mol. The average Bonchev–Trinajstić information content (AvgIpc) is 2.49. The van der Waals surface area contributed by atoms with Crippen molar-refractivity contribution < 1.29 is 0 Å². The van der Waals surface area contributed by atoms with Crippen LogP contribution in [0.15, 0.2) is 54.7 Å². The fourth-order valence-corrected chi connectivity index (χ4v) is 2.21. The van der Waals surface area contributed by atoms with Gasteiger partial charge in [-0.25, -0.2) is 0 Å². The number of rotatable bonds is 7. The maximum absolute atomic E-state index is 4.48. The van der Waals surface area contributed by atoms with Gasteiger partial charge in [-0.15, -0.1) is 0 Å². The van der Waals surface area contributed by atoms with E-state index in [1.54, 1.807) is 0 Å². The third kappa shape index (κ3) is 4.49. The summed E-state index contributed by atoms with van der Waals surface area (Å²) < 4.78 is 0. The largest absolute Gasteiger partial charge is 0.309 e. The molecular formula is C17H22N2. The molecule has 2 nitrogen and oxygen atoms in total. The molecule has 2 rings (SSSR count). The summed E-state index contributed by atoms with van der Waals surface area (Å²) in [5.41, 5.74) is 2.54. The zero-order chi connectivity index (χ0) is 13.3. The predicted molar refractivity (Wildman–Crippen MR) is 80.0 cm³/mol. The van der Waals surface area contributed by atoms with Crippen molar-refractivity contribution in [3.63, 3.8) is 0 Å². The lowest BCUT2D eigenvalue weighted by atomic mass is 10.0. The van der Waals surface area contributed by atoms with Crippen LogP contribution in [0.25, 0.3) is 0 Å². The highest BCUT2D eigenvalue weighted by Gasteiger charge is 2.11. The number of hydrogen-bond acceptors (Lipinski definition) is 2. The van der Waals surface area contributed by atoms with E-state index < -0.39 is 0 Å². The summed E-state index contributed by atoms with van der Waals surface area (Å²) in [5, 5.41) is 3.59. The molecule has 0 aliphatic rings. The smallest absolute Gasteiger partial charge is 0.0573 e. The zero-order valence-corrected chi connectivity index (χ0v) is 11.5. The molecule has 19 heavy (non-hydrogen) atoms. The van der Waals surface area contributed by atoms with Crippen molar-refractivity contribution in [3.8, 4) is 0 Å². The van der Waals surface area contributed by atoms with E-state index >= 15 is 0 Å². The minimum atomic E-state index is 0.348. The molecule has 2 heteroatoms. The van der Waals surface area contributed by atoms with Crippen LogP contribution in [0.3, 0.4) is 0 Å². The van der Waals surface area contributed by atoms with Gasteiger partial charge in [-0.1, -0.05) is 43.3 Å². The molecule has 1 aromatic heterocycles. The number of benzene rings is 1. The third-order valence-electron chi connectivity index (χ3n) is 3.25. The van der Waals surface area contributed by atoms with Crippen LogP contribution in [0.5, 0.6) is 0 Å². The van der Waals surface area contributed by atoms with Crippen molar-refractivity contribution in [2.75, 3.05) is 6.54 Å². The zero-order valence-electron chi connectivity index (χ0n) is 11.5. The van der Waals surface area contributed by atoms with Crippen LogP contribution in [0.4, 0.5) is 0 Å². The molecule has 0 fully saturated rings. The van der Waals surface area contributed by atoms with E-state index in [1.165, 1.54) is 5.56 Å². The molecule has 1 N–H and O–H groups in total. The van der Waals surface area contributed by atoms with Crippen LogP contribution >= 0.6 is 0 Å². The Morgan fingerprint density at radius 1 is 1.05 bits per heavy atom. The molecule has 100 valence electrons. The molecule has 0 saturated heterocycles. The number of hydrogen-bond donors (Lipinski definition) is 1. The van der Waals surface area contributed by atoms with Crippen LogP contribution in [0.2, 0.25) is 0 Å². The number of nitrogens with zero attached hydrogens (tertiary/aromatic N) is 1. The van der Waals surface area contributed by atoms with E-state index in [1.807, 2.05) is 12.3 Å². The van der Waals surface area contributed by atoms with Gasteiger partial charge in [-0.05, 0) is 43.5 Å². The summed E-state index contributed by atoms with van der Waals surface area (Å²) in [7, 11) is 0. The van der Waals surface area contributed by atoms with E-state index in [4.69, 9.17) is 0 Å². The van der Waals surface area contributed by atoms with Crippen molar-refractivity contribution in [2.45, 2.75) is 32.2 Å². The Morgan fingerprint density at radius 2 is 1.84 bits per heavy atom. The standard InChI is InChI=1S/C17H22N2/c1-2-13-18-17(16-10-6-7-14-19-16)12-11-15-8-4-3-5-9-15/h3-10,14,17-18H,2,11-13H2,1H3. The Bertz CT molecular complexity index is 453. The molecule has 0 aliphatic carbocycles. The first kappa shape index (κ1) is 13.8. The highest BCUT2D eigenvalue weighted by atomic mass is 14.9. The van der Waals surface area contributed by atoms with E-state index in [2.05, 4.69) is 59.7 Å². The van der Waals surface area contributed by atoms with Crippen molar-refractivity contribution >= 4 is 0 Å². The summed E-state index contributed by atoms with van der Waals surface area (Å²) in [4.78, 5) is 4.48. The fourth-order valence-electron chi connectivity index (χ4n) is 2.21. The number of nitrogens with one attached hydrogen (secondary N) is 1. The number of aryl methyl sites for hydroxylation is 1. The molecule has 0 spiro atoms. The van der Waals surface area contributed by atoms with E-state index in [0.29, 0.717) is 6.04 Å². The van der Waals surface area contributed by atoms with Gasteiger partial charge in [0.15, 0.2) is 0 Å². The first-order valence-corrected chi connectivity index (χ1v) is 7.08. The van der Waals surface area contributed by atoms with Crippen LogP contribution in [-0.2, 0) is 6.42 Å². The highest BCUT2D eigenvalue weighted by Crippen LogP contribution is 2.17. The second-order valence-corrected chi connectivity index (χ2v) is 4.79. The molecule has 0 saturated carbocycles. The molecule has 0 bridgehead atoms. The minimum Gasteiger partial charge on any atom is -0.309 e. The van der Waals surface area contributed by atoms with Crippen LogP contribution in [-0.4, -0.2) is 11.5 Å². The SMILES string of the molecule is CCCNC(CCc1ccccc1)c1ccccn1. The second-order valence-electron chi connectivity index (χ2n) is 4.79. The van der Waals surface area contributed by atoms with Gasteiger partial charge in [0, 0.05) is 12.2 Å². The summed E-state index contributed by atoms with van der Waals surface area (Å²) in [6, 6.07) is 17.1. The summed E-state index contributed by atoms with van der Waals surface area (Å²) in [6.07, 6.45) is 5.19. The lowest BCUT2D eigenvalue weighted by Crippen LogP contribution is -2.23. The lowest BCUT2D eigenvalue weighted by Gasteiger charge is -2.18. The van der Waals surface area contributed by atoms with Gasteiger partial charge in [0.2, 0.25) is 0 Å². The molecule has 0 radical (unpaired) electrons. The maximum Gasteiger partial charge on any atom is 0.0573 e. The van der Waals surface area contributed by atoms with Crippen LogP contribution in [0.1, 0.15) is 37.1 Å². The van der Waals surface area contributed by atoms with Gasteiger partial charge in [-0.2, -0.15) is 0 Å². The summed E-state index contributed by atoms with van der Waals surface area (Å²) in [6.45, 7) is 3.23. The van der Waals surface area contributed by atoms with Crippen LogP contribution in [0, 0.1) is 0 Å². The van der Waals surface area contributed by atoms with E-state index in [0.717, 1.165) is 31.5 Å².